The first-order valence-corrected chi connectivity index (χ1v) is 8.53. The molecule has 1 atom stereocenters. The van der Waals surface area contributed by atoms with Crippen LogP contribution in [0, 0.1) is 5.92 Å². The lowest BCUT2D eigenvalue weighted by molar-refractivity contribution is 0.0963. The number of carbonyl (C=O) groups is 1. The maximum atomic E-state index is 11.5. The van der Waals surface area contributed by atoms with Gasteiger partial charge in [-0.2, -0.15) is 0 Å². The lowest BCUT2D eigenvalue weighted by Crippen LogP contribution is -2.40. The van der Waals surface area contributed by atoms with E-state index in [1.807, 2.05) is 12.1 Å². The van der Waals surface area contributed by atoms with Crippen LogP contribution in [0.5, 0.6) is 0 Å². The highest BCUT2D eigenvalue weighted by atomic mass is 16.1. The number of nitrogens with one attached hydrogen (secondary N) is 2. The first kappa shape index (κ1) is 15.5. The monoisotopic (exact) mass is 301 g/mol. The number of benzene rings is 1. The number of hydrogen-bond donors (Lipinski definition) is 2. The number of rotatable bonds is 4. The number of piperidine rings is 1. The minimum atomic E-state index is -0.0172. The zero-order chi connectivity index (χ0) is 15.4. The van der Waals surface area contributed by atoms with Gasteiger partial charge in [-0.25, -0.2) is 0 Å². The van der Waals surface area contributed by atoms with Crippen molar-refractivity contribution in [3.05, 3.63) is 35.4 Å². The van der Waals surface area contributed by atoms with E-state index in [0.717, 1.165) is 24.1 Å². The van der Waals surface area contributed by atoms with Crippen molar-refractivity contribution in [3.63, 3.8) is 0 Å². The van der Waals surface area contributed by atoms with E-state index >= 15 is 0 Å². The topological polar surface area (TPSA) is 44.4 Å². The second kappa shape index (κ2) is 7.25. The molecule has 1 aromatic carbocycles. The molecule has 4 nitrogen and oxygen atoms in total. The van der Waals surface area contributed by atoms with E-state index in [0.29, 0.717) is 0 Å². The third-order valence-corrected chi connectivity index (χ3v) is 5.15. The van der Waals surface area contributed by atoms with Crippen molar-refractivity contribution in [2.45, 2.75) is 38.3 Å². The molecule has 0 spiro atoms. The first-order valence-electron chi connectivity index (χ1n) is 8.53. The third kappa shape index (κ3) is 3.68. The molecule has 2 heterocycles. The van der Waals surface area contributed by atoms with Crippen LogP contribution in [0.15, 0.2) is 24.3 Å². The highest BCUT2D eigenvalue weighted by Crippen LogP contribution is 2.26. The average Bonchev–Trinajstić information content (AvgIpc) is 3.10. The Morgan fingerprint density at radius 3 is 2.55 bits per heavy atom. The van der Waals surface area contributed by atoms with Crippen LogP contribution in [0.2, 0.25) is 0 Å². The summed E-state index contributed by atoms with van der Waals surface area (Å²) in [6, 6.07) is 8.77. The van der Waals surface area contributed by atoms with Crippen LogP contribution in [0.1, 0.15) is 41.6 Å². The molecule has 2 saturated heterocycles. The highest BCUT2D eigenvalue weighted by molar-refractivity contribution is 5.93. The van der Waals surface area contributed by atoms with Gasteiger partial charge in [0.05, 0.1) is 0 Å². The molecule has 0 aromatic heterocycles. The van der Waals surface area contributed by atoms with Gasteiger partial charge in [-0.3, -0.25) is 9.69 Å². The molecule has 0 radical (unpaired) electrons. The Morgan fingerprint density at radius 2 is 1.95 bits per heavy atom. The maximum absolute atomic E-state index is 11.5. The minimum absolute atomic E-state index is 0.0172. The van der Waals surface area contributed by atoms with Gasteiger partial charge in [0.25, 0.3) is 5.91 Å². The van der Waals surface area contributed by atoms with Crippen molar-refractivity contribution in [1.82, 2.24) is 15.5 Å². The van der Waals surface area contributed by atoms with Crippen molar-refractivity contribution >= 4 is 5.91 Å². The van der Waals surface area contributed by atoms with E-state index in [9.17, 15) is 4.79 Å². The Bertz CT molecular complexity index is 486. The van der Waals surface area contributed by atoms with Crippen LogP contribution in [-0.2, 0) is 6.54 Å². The molecular formula is C18H27N3O. The average molecular weight is 301 g/mol. The van der Waals surface area contributed by atoms with Gasteiger partial charge >= 0.3 is 0 Å². The lowest BCUT2D eigenvalue weighted by Gasteiger charge is -2.34. The van der Waals surface area contributed by atoms with E-state index in [-0.39, 0.29) is 5.91 Å². The Balaban J connectivity index is 1.49. The van der Waals surface area contributed by atoms with Gasteiger partial charge in [-0.15, -0.1) is 0 Å². The predicted molar refractivity (Wildman–Crippen MR) is 88.9 cm³/mol. The molecular weight excluding hydrogens is 274 g/mol. The van der Waals surface area contributed by atoms with E-state index in [1.54, 1.807) is 7.05 Å². The standard InChI is InChI=1S/C18H27N3O/c1-19-18(22)16-6-4-14(5-7-16)13-21-11-8-15(9-12-21)17-3-2-10-20-17/h4-7,15,17,20H,2-3,8-13H2,1H3,(H,19,22)/t17-/m1/s1. The van der Waals surface area contributed by atoms with Crippen molar-refractivity contribution in [3.8, 4) is 0 Å². The fraction of sp³-hybridized carbons (Fsp3) is 0.611. The smallest absolute Gasteiger partial charge is 0.251 e. The molecule has 2 fully saturated rings. The van der Waals surface area contributed by atoms with E-state index in [2.05, 4.69) is 27.7 Å². The van der Waals surface area contributed by atoms with Crippen LogP contribution >= 0.6 is 0 Å². The number of nitrogens with zero attached hydrogens (tertiary/aromatic N) is 1. The van der Waals surface area contributed by atoms with Gasteiger partial charge in [-0.1, -0.05) is 12.1 Å². The molecule has 120 valence electrons. The summed E-state index contributed by atoms with van der Waals surface area (Å²) in [5.74, 6) is 0.853. The molecule has 2 aliphatic rings. The lowest BCUT2D eigenvalue weighted by atomic mass is 9.88. The third-order valence-electron chi connectivity index (χ3n) is 5.15. The summed E-state index contributed by atoms with van der Waals surface area (Å²) >= 11 is 0. The predicted octanol–water partition coefficient (Wildman–Crippen LogP) is 2.01. The van der Waals surface area contributed by atoms with Gasteiger partial charge in [0, 0.05) is 25.2 Å². The number of likely N-dealkylation sites (tertiary alicyclic amines) is 1. The van der Waals surface area contributed by atoms with Crippen LogP contribution in [0.25, 0.3) is 0 Å². The molecule has 0 aliphatic carbocycles. The SMILES string of the molecule is CNC(=O)c1ccc(CN2CCC([C@H]3CCCN3)CC2)cc1. The Labute approximate surface area is 133 Å². The van der Waals surface area contributed by atoms with Gasteiger partial charge in [0.1, 0.15) is 0 Å². The minimum Gasteiger partial charge on any atom is -0.355 e. The quantitative estimate of drug-likeness (QED) is 0.894. The fourth-order valence-corrected chi connectivity index (χ4v) is 3.79. The summed E-state index contributed by atoms with van der Waals surface area (Å²) in [6.07, 6.45) is 5.34. The molecule has 0 saturated carbocycles. The highest BCUT2D eigenvalue weighted by Gasteiger charge is 2.28. The van der Waals surface area contributed by atoms with Crippen LogP contribution in [0.4, 0.5) is 0 Å². The van der Waals surface area contributed by atoms with Crippen molar-refractivity contribution in [2.24, 2.45) is 5.92 Å². The normalized spacial score (nSPS) is 23.6. The summed E-state index contributed by atoms with van der Waals surface area (Å²) in [5.41, 5.74) is 2.03. The van der Waals surface area contributed by atoms with Crippen LogP contribution in [-0.4, -0.2) is 43.5 Å². The summed E-state index contributed by atoms with van der Waals surface area (Å²) in [4.78, 5) is 14.1. The summed E-state index contributed by atoms with van der Waals surface area (Å²) in [7, 11) is 1.67. The van der Waals surface area contributed by atoms with Crippen molar-refractivity contribution in [1.29, 1.82) is 0 Å². The molecule has 4 heteroatoms. The molecule has 2 aliphatic heterocycles. The molecule has 3 rings (SSSR count). The number of hydrogen-bond acceptors (Lipinski definition) is 3. The van der Waals surface area contributed by atoms with Gasteiger partial charge in [0.15, 0.2) is 0 Å². The van der Waals surface area contributed by atoms with E-state index in [1.165, 1.54) is 50.9 Å². The van der Waals surface area contributed by atoms with E-state index in [4.69, 9.17) is 0 Å². The molecule has 0 unspecified atom stereocenters. The second-order valence-corrected chi connectivity index (χ2v) is 6.59. The molecule has 1 aromatic rings. The van der Waals surface area contributed by atoms with Gasteiger partial charge in [0.2, 0.25) is 0 Å². The Hall–Kier alpha value is -1.39. The Kier molecular flexibility index (Phi) is 5.11. The largest absolute Gasteiger partial charge is 0.355 e. The van der Waals surface area contributed by atoms with Gasteiger partial charge in [-0.05, 0) is 68.9 Å². The number of amides is 1. The van der Waals surface area contributed by atoms with Gasteiger partial charge < -0.3 is 10.6 Å². The number of carbonyl (C=O) groups excluding carboxylic acids is 1. The maximum Gasteiger partial charge on any atom is 0.251 e. The molecule has 0 bridgehead atoms. The molecule has 1 amide bonds. The fourth-order valence-electron chi connectivity index (χ4n) is 3.79. The second-order valence-electron chi connectivity index (χ2n) is 6.59. The Morgan fingerprint density at radius 1 is 1.23 bits per heavy atom. The molecule has 22 heavy (non-hydrogen) atoms. The summed E-state index contributed by atoms with van der Waals surface area (Å²) in [6.45, 7) is 4.60. The first-order chi connectivity index (χ1) is 10.8. The van der Waals surface area contributed by atoms with Crippen molar-refractivity contribution in [2.75, 3.05) is 26.7 Å². The molecule has 2 N–H and O–H groups in total. The van der Waals surface area contributed by atoms with Crippen molar-refractivity contribution < 1.29 is 4.79 Å². The zero-order valence-corrected chi connectivity index (χ0v) is 13.5. The zero-order valence-electron chi connectivity index (χ0n) is 13.5. The van der Waals surface area contributed by atoms with Crippen LogP contribution in [0.3, 0.4) is 0 Å². The summed E-state index contributed by atoms with van der Waals surface area (Å²) in [5, 5.41) is 6.32. The van der Waals surface area contributed by atoms with Crippen LogP contribution < -0.4 is 10.6 Å². The van der Waals surface area contributed by atoms with E-state index < -0.39 is 0 Å². The summed E-state index contributed by atoms with van der Waals surface area (Å²) < 4.78 is 0.